The third kappa shape index (κ3) is 6.58. The highest BCUT2D eigenvalue weighted by molar-refractivity contribution is 6.04. The normalized spacial score (nSPS) is 15.8. The third-order valence-corrected chi connectivity index (χ3v) is 7.94. The summed E-state index contributed by atoms with van der Waals surface area (Å²) in [6.07, 6.45) is 5.81. The van der Waals surface area contributed by atoms with Gasteiger partial charge in [-0.3, -0.25) is 14.7 Å². The van der Waals surface area contributed by atoms with Crippen molar-refractivity contribution >= 4 is 29.8 Å². The molecule has 1 aliphatic carbocycles. The number of hydrogen-bond donors (Lipinski definition) is 1. The summed E-state index contributed by atoms with van der Waals surface area (Å²) in [7, 11) is 1.62. The van der Waals surface area contributed by atoms with Crippen molar-refractivity contribution in [3.63, 3.8) is 0 Å². The first-order valence-corrected chi connectivity index (χ1v) is 14.1. The molecule has 2 heterocycles. The van der Waals surface area contributed by atoms with E-state index in [0.717, 1.165) is 78.9 Å². The lowest BCUT2D eigenvalue weighted by molar-refractivity contribution is -0.138. The fourth-order valence-corrected chi connectivity index (χ4v) is 5.44. The maximum Gasteiger partial charge on any atom is 0.416 e. The van der Waals surface area contributed by atoms with Crippen molar-refractivity contribution in [2.45, 2.75) is 33.0 Å². The van der Waals surface area contributed by atoms with E-state index in [0.29, 0.717) is 5.56 Å². The minimum absolute atomic E-state index is 0.103. The van der Waals surface area contributed by atoms with Crippen LogP contribution in [-0.2, 0) is 19.1 Å². The number of amides is 1. The second-order valence-electron chi connectivity index (χ2n) is 10.7. The van der Waals surface area contributed by atoms with Gasteiger partial charge in [-0.1, -0.05) is 37.3 Å². The number of benzene rings is 2. The Morgan fingerprint density at radius 1 is 1.05 bits per heavy atom. The summed E-state index contributed by atoms with van der Waals surface area (Å²) in [6, 6.07) is 9.26. The molecular weight excluding hydrogens is 541 g/mol. The van der Waals surface area contributed by atoms with Crippen molar-refractivity contribution in [1.82, 2.24) is 14.8 Å². The highest BCUT2D eigenvalue weighted by Crippen LogP contribution is 2.35. The molecular formula is C33H35F3N4O2. The zero-order chi connectivity index (χ0) is 29.9. The molecule has 5 rings (SSSR count). The average Bonchev–Trinajstić information content (AvgIpc) is 3.46. The van der Waals surface area contributed by atoms with Crippen LogP contribution in [0, 0.1) is 6.92 Å². The number of pyridine rings is 1. The van der Waals surface area contributed by atoms with Gasteiger partial charge in [0.1, 0.15) is 5.75 Å². The van der Waals surface area contributed by atoms with E-state index in [9.17, 15) is 18.0 Å². The molecule has 0 radical (unpaired) electrons. The lowest BCUT2D eigenvalue weighted by Crippen LogP contribution is -2.45. The van der Waals surface area contributed by atoms with Crippen LogP contribution in [0.1, 0.15) is 56.4 Å². The number of carbonyl (C=O) groups excluding carboxylic acids is 1. The van der Waals surface area contributed by atoms with Crippen LogP contribution in [0.15, 0.2) is 48.7 Å². The summed E-state index contributed by atoms with van der Waals surface area (Å²) in [5.41, 5.74) is 4.42. The van der Waals surface area contributed by atoms with Crippen molar-refractivity contribution in [3.05, 3.63) is 93.3 Å². The predicted molar refractivity (Wildman–Crippen MR) is 160 cm³/mol. The van der Waals surface area contributed by atoms with Gasteiger partial charge in [-0.2, -0.15) is 13.2 Å². The molecule has 42 heavy (non-hydrogen) atoms. The number of allylic oxidation sites excluding steroid dienone is 1. The Bertz CT molecular complexity index is 1520. The summed E-state index contributed by atoms with van der Waals surface area (Å²) in [5, 5.41) is 2.66. The summed E-state index contributed by atoms with van der Waals surface area (Å²) >= 11 is 0. The Hall–Kier alpha value is -3.95. The Morgan fingerprint density at radius 2 is 1.79 bits per heavy atom. The fraction of sp³-hybridized carbons (Fsp3) is 0.333. The standard InChI is InChI=1S/C33H35F3N4O2/c1-4-39-14-16-40(17-15-39)21-26-12-13-27(19-29(26)33(34,35)36)38-32(41)24-9-8-22(2)23(18-24)10-11-25-20-37-30-7-5-6-28(30)31(25)42-3/h5-6,8-13,18-20H,4,7,14-17,21H2,1-3H3,(H,38,41)/b11-10+. The highest BCUT2D eigenvalue weighted by atomic mass is 19.4. The number of fused-ring (bicyclic) bond motifs is 1. The second-order valence-corrected chi connectivity index (χ2v) is 10.7. The monoisotopic (exact) mass is 576 g/mol. The quantitative estimate of drug-likeness (QED) is 0.330. The molecule has 220 valence electrons. The number of ether oxygens (including phenoxy) is 1. The third-order valence-electron chi connectivity index (χ3n) is 7.94. The maximum atomic E-state index is 14.0. The Morgan fingerprint density at radius 3 is 2.50 bits per heavy atom. The molecule has 0 atom stereocenters. The van der Waals surface area contributed by atoms with Crippen LogP contribution in [-0.4, -0.2) is 60.5 Å². The number of alkyl halides is 3. The van der Waals surface area contributed by atoms with Gasteiger partial charge >= 0.3 is 6.18 Å². The number of aromatic nitrogens is 1. The van der Waals surface area contributed by atoms with Gasteiger partial charge in [0.15, 0.2) is 0 Å². The number of hydrogen-bond acceptors (Lipinski definition) is 5. The molecule has 1 amide bonds. The molecule has 2 aromatic carbocycles. The van der Waals surface area contributed by atoms with Crippen molar-refractivity contribution in [1.29, 1.82) is 0 Å². The summed E-state index contributed by atoms with van der Waals surface area (Å²) in [6.45, 7) is 8.30. The zero-order valence-corrected chi connectivity index (χ0v) is 24.1. The lowest BCUT2D eigenvalue weighted by atomic mass is 10.0. The maximum absolute atomic E-state index is 14.0. The van der Waals surface area contributed by atoms with Crippen LogP contribution < -0.4 is 10.1 Å². The van der Waals surface area contributed by atoms with Gasteiger partial charge in [-0.15, -0.1) is 0 Å². The number of halogens is 3. The number of aryl methyl sites for hydroxylation is 1. The molecule has 6 nitrogen and oxygen atoms in total. The van der Waals surface area contributed by atoms with Gasteiger partial charge < -0.3 is 15.0 Å². The Kier molecular flexibility index (Phi) is 8.80. The number of likely N-dealkylation sites (N-methyl/N-ethyl adjacent to an activating group) is 1. The molecule has 1 saturated heterocycles. The topological polar surface area (TPSA) is 57.7 Å². The molecule has 0 saturated carbocycles. The molecule has 1 aliphatic heterocycles. The van der Waals surface area contributed by atoms with Crippen LogP contribution in [0.3, 0.4) is 0 Å². The summed E-state index contributed by atoms with van der Waals surface area (Å²) < 4.78 is 47.8. The van der Waals surface area contributed by atoms with E-state index >= 15 is 0 Å². The average molecular weight is 577 g/mol. The highest BCUT2D eigenvalue weighted by Gasteiger charge is 2.34. The molecule has 9 heteroatoms. The molecule has 0 unspecified atom stereocenters. The largest absolute Gasteiger partial charge is 0.495 e. The number of piperazine rings is 1. The van der Waals surface area contributed by atoms with Crippen LogP contribution in [0.4, 0.5) is 18.9 Å². The minimum Gasteiger partial charge on any atom is -0.495 e. The van der Waals surface area contributed by atoms with E-state index in [1.807, 2.05) is 42.2 Å². The van der Waals surface area contributed by atoms with E-state index in [2.05, 4.69) is 22.1 Å². The zero-order valence-electron chi connectivity index (χ0n) is 24.1. The fourth-order valence-electron chi connectivity index (χ4n) is 5.44. The SMILES string of the molecule is CCN1CCN(Cc2ccc(NC(=O)c3ccc(C)c(/C=C/c4cnc5c(c4OC)C=CC5)c3)cc2C(F)(F)F)CC1. The second kappa shape index (κ2) is 12.5. The van der Waals surface area contributed by atoms with Gasteiger partial charge in [0.05, 0.1) is 18.4 Å². The number of methoxy groups -OCH3 is 1. The van der Waals surface area contributed by atoms with Crippen molar-refractivity contribution in [3.8, 4) is 5.75 Å². The van der Waals surface area contributed by atoms with E-state index < -0.39 is 17.6 Å². The van der Waals surface area contributed by atoms with Gasteiger partial charge in [0, 0.05) is 67.7 Å². The molecule has 2 aliphatic rings. The molecule has 1 N–H and O–H groups in total. The first-order chi connectivity index (χ1) is 20.2. The van der Waals surface area contributed by atoms with E-state index in [1.54, 1.807) is 31.5 Å². The van der Waals surface area contributed by atoms with Gasteiger partial charge in [0.25, 0.3) is 5.91 Å². The summed E-state index contributed by atoms with van der Waals surface area (Å²) in [5.74, 6) is 0.256. The molecule has 1 aromatic heterocycles. The van der Waals surface area contributed by atoms with Gasteiger partial charge in [-0.25, -0.2) is 0 Å². The first-order valence-electron chi connectivity index (χ1n) is 14.1. The predicted octanol–water partition coefficient (Wildman–Crippen LogP) is 6.55. The summed E-state index contributed by atoms with van der Waals surface area (Å²) in [4.78, 5) is 22.0. The van der Waals surface area contributed by atoms with Crippen LogP contribution in [0.5, 0.6) is 5.75 Å². The van der Waals surface area contributed by atoms with Gasteiger partial charge in [0.2, 0.25) is 0 Å². The number of nitrogens with one attached hydrogen (secondary N) is 1. The van der Waals surface area contributed by atoms with Crippen molar-refractivity contribution in [2.75, 3.05) is 45.2 Å². The van der Waals surface area contributed by atoms with Crippen LogP contribution in [0.2, 0.25) is 0 Å². The number of carbonyl (C=O) groups is 1. The number of anilines is 1. The van der Waals surface area contributed by atoms with E-state index in [4.69, 9.17) is 4.74 Å². The van der Waals surface area contributed by atoms with Crippen LogP contribution >= 0.6 is 0 Å². The number of rotatable bonds is 8. The smallest absolute Gasteiger partial charge is 0.416 e. The van der Waals surface area contributed by atoms with Crippen LogP contribution in [0.25, 0.3) is 18.2 Å². The molecule has 1 fully saturated rings. The number of nitrogens with zero attached hydrogens (tertiary/aromatic N) is 3. The van der Waals surface area contributed by atoms with Crippen molar-refractivity contribution in [2.24, 2.45) is 0 Å². The van der Waals surface area contributed by atoms with E-state index in [-0.39, 0.29) is 17.8 Å². The molecule has 3 aromatic rings. The molecule has 0 spiro atoms. The lowest BCUT2D eigenvalue weighted by Gasteiger charge is -2.34. The van der Waals surface area contributed by atoms with Crippen molar-refractivity contribution < 1.29 is 22.7 Å². The van der Waals surface area contributed by atoms with Gasteiger partial charge in [-0.05, 0) is 60.5 Å². The minimum atomic E-state index is -4.54. The Balaban J connectivity index is 1.33. The van der Waals surface area contributed by atoms with E-state index in [1.165, 1.54) is 6.07 Å². The first kappa shape index (κ1) is 29.5. The molecule has 0 bridgehead atoms. The Labute approximate surface area is 244 Å².